The zero-order chi connectivity index (χ0) is 10.1. The number of carboxylic acid groups (broad SMARTS) is 1. The Bertz CT molecular complexity index is 377. The van der Waals surface area contributed by atoms with Crippen LogP contribution in [0.5, 0.6) is 5.75 Å². The second-order valence-electron chi connectivity index (χ2n) is 3.38. The molecule has 15 heavy (non-hydrogen) atoms. The number of phenols is 1. The molecule has 1 fully saturated rings. The van der Waals surface area contributed by atoms with Crippen LogP contribution < -0.4 is 5.32 Å². The molecule has 0 amide bonds. The molecule has 0 aliphatic carbocycles. The Morgan fingerprint density at radius 3 is 2.60 bits per heavy atom. The topological polar surface area (TPSA) is 69.6 Å². The van der Waals surface area contributed by atoms with Crippen LogP contribution in [-0.2, 0) is 0 Å². The fourth-order valence-corrected chi connectivity index (χ4v) is 1.51. The third-order valence-corrected chi connectivity index (χ3v) is 2.48. The predicted octanol–water partition coefficient (Wildman–Crippen LogP) is 1.55. The van der Waals surface area contributed by atoms with Crippen LogP contribution in [0.15, 0.2) is 18.2 Å². The van der Waals surface area contributed by atoms with E-state index in [9.17, 15) is 9.90 Å². The maximum absolute atomic E-state index is 10.7. The van der Waals surface area contributed by atoms with Gasteiger partial charge < -0.3 is 15.5 Å². The van der Waals surface area contributed by atoms with Gasteiger partial charge in [0.25, 0.3) is 0 Å². The Kier molecular flexibility index (Phi) is 3.55. The van der Waals surface area contributed by atoms with Crippen LogP contribution in [0.25, 0.3) is 0 Å². The first-order valence-electron chi connectivity index (χ1n) is 4.48. The molecule has 0 saturated carbocycles. The number of carbonyl (C=O) groups is 1. The van der Waals surface area contributed by atoms with Crippen LogP contribution in [0.4, 0.5) is 0 Å². The lowest BCUT2D eigenvalue weighted by atomic mass is 9.96. The van der Waals surface area contributed by atoms with Gasteiger partial charge in [-0.25, -0.2) is 4.79 Å². The molecule has 0 radical (unpaired) electrons. The van der Waals surface area contributed by atoms with Crippen molar-refractivity contribution in [2.45, 2.75) is 12.5 Å². The monoisotopic (exact) mass is 229 g/mol. The van der Waals surface area contributed by atoms with Crippen molar-refractivity contribution in [3.05, 3.63) is 29.3 Å². The zero-order valence-corrected chi connectivity index (χ0v) is 8.75. The number of carboxylic acids is 1. The molecule has 82 valence electrons. The highest BCUT2D eigenvalue weighted by Crippen LogP contribution is 2.27. The molecule has 0 spiro atoms. The predicted molar refractivity (Wildman–Crippen MR) is 57.7 cm³/mol. The van der Waals surface area contributed by atoms with E-state index in [1.54, 1.807) is 6.07 Å². The van der Waals surface area contributed by atoms with Gasteiger partial charge in [-0.3, -0.25) is 0 Å². The summed E-state index contributed by atoms with van der Waals surface area (Å²) in [6, 6.07) is 4.94. The summed E-state index contributed by atoms with van der Waals surface area (Å²) in [6.45, 7) is 0.966. The van der Waals surface area contributed by atoms with Crippen molar-refractivity contribution in [3.8, 4) is 5.75 Å². The molecular weight excluding hydrogens is 218 g/mol. The van der Waals surface area contributed by atoms with Crippen molar-refractivity contribution in [2.75, 3.05) is 6.54 Å². The number of nitrogens with one attached hydrogen (secondary N) is 1. The standard InChI is InChI=1S/C10H11NO3.ClH/c12-9-2-1-6(8-3-4-11-8)5-7(9)10(13)14;/h1-2,5,8,11-12H,3-4H2,(H,13,14);1H/t8-;/m1./s1. The molecule has 2 rings (SSSR count). The van der Waals surface area contributed by atoms with Crippen molar-refractivity contribution in [3.63, 3.8) is 0 Å². The molecule has 1 aliphatic heterocycles. The number of hydrogen-bond donors (Lipinski definition) is 3. The summed E-state index contributed by atoms with van der Waals surface area (Å²) in [5.41, 5.74) is 0.891. The molecule has 1 aliphatic rings. The summed E-state index contributed by atoms with van der Waals surface area (Å²) in [4.78, 5) is 10.7. The van der Waals surface area contributed by atoms with Gasteiger partial charge in [-0.15, -0.1) is 12.4 Å². The van der Waals surface area contributed by atoms with Crippen LogP contribution >= 0.6 is 12.4 Å². The summed E-state index contributed by atoms with van der Waals surface area (Å²) in [7, 11) is 0. The van der Waals surface area contributed by atoms with Gasteiger partial charge in [0.05, 0.1) is 0 Å². The number of benzene rings is 1. The van der Waals surface area contributed by atoms with E-state index in [2.05, 4.69) is 5.32 Å². The minimum Gasteiger partial charge on any atom is -0.507 e. The van der Waals surface area contributed by atoms with Gasteiger partial charge in [0.1, 0.15) is 11.3 Å². The molecule has 1 atom stereocenters. The maximum Gasteiger partial charge on any atom is 0.339 e. The second-order valence-corrected chi connectivity index (χ2v) is 3.38. The Hall–Kier alpha value is -1.26. The van der Waals surface area contributed by atoms with Crippen molar-refractivity contribution in [1.29, 1.82) is 0 Å². The highest BCUT2D eigenvalue weighted by Gasteiger charge is 2.20. The molecule has 0 unspecified atom stereocenters. The molecule has 1 aromatic rings. The third-order valence-electron chi connectivity index (χ3n) is 2.48. The number of hydrogen-bond acceptors (Lipinski definition) is 3. The van der Waals surface area contributed by atoms with Gasteiger partial charge in [0.2, 0.25) is 0 Å². The van der Waals surface area contributed by atoms with E-state index in [4.69, 9.17) is 5.11 Å². The quantitative estimate of drug-likeness (QED) is 0.720. The third kappa shape index (κ3) is 2.22. The molecule has 0 aromatic heterocycles. The first-order valence-corrected chi connectivity index (χ1v) is 4.48. The first-order chi connectivity index (χ1) is 6.68. The van der Waals surface area contributed by atoms with Crippen LogP contribution in [0, 0.1) is 0 Å². The van der Waals surface area contributed by atoms with Gasteiger partial charge in [-0.1, -0.05) is 6.07 Å². The normalized spacial score (nSPS) is 18.8. The summed E-state index contributed by atoms with van der Waals surface area (Å²) in [5, 5.41) is 21.2. The maximum atomic E-state index is 10.7. The lowest BCUT2D eigenvalue weighted by Crippen LogP contribution is -2.34. The van der Waals surface area contributed by atoms with Gasteiger partial charge in [-0.05, 0) is 30.7 Å². The highest BCUT2D eigenvalue weighted by molar-refractivity contribution is 5.91. The Morgan fingerprint density at radius 1 is 1.47 bits per heavy atom. The zero-order valence-electron chi connectivity index (χ0n) is 7.93. The molecule has 5 heteroatoms. The molecular formula is C10H12ClNO3. The first kappa shape index (κ1) is 11.8. The average molecular weight is 230 g/mol. The minimum absolute atomic E-state index is 0. The Balaban J connectivity index is 0.00000112. The summed E-state index contributed by atoms with van der Waals surface area (Å²) >= 11 is 0. The van der Waals surface area contributed by atoms with Gasteiger partial charge in [0.15, 0.2) is 0 Å². The molecule has 1 heterocycles. The van der Waals surface area contributed by atoms with E-state index >= 15 is 0 Å². The number of halogens is 1. The smallest absolute Gasteiger partial charge is 0.339 e. The summed E-state index contributed by atoms with van der Waals surface area (Å²) < 4.78 is 0. The SMILES string of the molecule is Cl.O=C(O)c1cc([C@H]2CCN2)ccc1O. The van der Waals surface area contributed by atoms with Crippen molar-refractivity contribution in [2.24, 2.45) is 0 Å². The highest BCUT2D eigenvalue weighted by atomic mass is 35.5. The minimum atomic E-state index is -1.09. The van der Waals surface area contributed by atoms with Crippen molar-refractivity contribution >= 4 is 18.4 Å². The fraction of sp³-hybridized carbons (Fsp3) is 0.300. The largest absolute Gasteiger partial charge is 0.507 e. The lowest BCUT2D eigenvalue weighted by Gasteiger charge is -2.28. The Morgan fingerprint density at radius 2 is 2.13 bits per heavy atom. The van der Waals surface area contributed by atoms with E-state index in [0.717, 1.165) is 18.5 Å². The van der Waals surface area contributed by atoms with Gasteiger partial charge in [0, 0.05) is 6.04 Å². The Labute approximate surface area is 93.3 Å². The van der Waals surface area contributed by atoms with Crippen LogP contribution in [0.2, 0.25) is 0 Å². The van der Waals surface area contributed by atoms with Gasteiger partial charge in [-0.2, -0.15) is 0 Å². The second kappa shape index (κ2) is 4.51. The molecule has 0 bridgehead atoms. The van der Waals surface area contributed by atoms with Gasteiger partial charge >= 0.3 is 5.97 Å². The lowest BCUT2D eigenvalue weighted by molar-refractivity contribution is 0.0693. The number of aromatic carboxylic acids is 1. The van der Waals surface area contributed by atoms with E-state index in [1.165, 1.54) is 12.1 Å². The number of aromatic hydroxyl groups is 1. The molecule has 1 saturated heterocycles. The van der Waals surface area contributed by atoms with E-state index in [1.807, 2.05) is 0 Å². The molecule has 1 aromatic carbocycles. The molecule has 3 N–H and O–H groups in total. The average Bonchev–Trinajstić information content (AvgIpc) is 2.04. The summed E-state index contributed by atoms with van der Waals surface area (Å²) in [5.74, 6) is -1.27. The van der Waals surface area contributed by atoms with E-state index < -0.39 is 5.97 Å². The fourth-order valence-electron chi connectivity index (χ4n) is 1.51. The van der Waals surface area contributed by atoms with E-state index in [-0.39, 0.29) is 29.8 Å². The van der Waals surface area contributed by atoms with Crippen LogP contribution in [0.3, 0.4) is 0 Å². The van der Waals surface area contributed by atoms with Crippen molar-refractivity contribution in [1.82, 2.24) is 5.32 Å². The number of rotatable bonds is 2. The summed E-state index contributed by atoms with van der Waals surface area (Å²) in [6.07, 6.45) is 1.02. The van der Waals surface area contributed by atoms with Crippen LogP contribution in [0.1, 0.15) is 28.4 Å². The van der Waals surface area contributed by atoms with E-state index in [0.29, 0.717) is 0 Å². The van der Waals surface area contributed by atoms with Crippen molar-refractivity contribution < 1.29 is 15.0 Å². The molecule has 4 nitrogen and oxygen atoms in total. The van der Waals surface area contributed by atoms with Crippen LogP contribution in [-0.4, -0.2) is 22.7 Å².